The second-order valence-corrected chi connectivity index (χ2v) is 8.68. The highest BCUT2D eigenvalue weighted by molar-refractivity contribution is 6.31. The lowest BCUT2D eigenvalue weighted by molar-refractivity contribution is -0.138. The van der Waals surface area contributed by atoms with E-state index in [2.05, 4.69) is 5.32 Å². The molecule has 2 aromatic rings. The first-order chi connectivity index (χ1) is 16.4. The zero-order chi connectivity index (χ0) is 24.2. The van der Waals surface area contributed by atoms with Crippen LogP contribution in [0.2, 0.25) is 5.02 Å². The first-order valence-corrected chi connectivity index (χ1v) is 11.8. The number of dihydropyridines is 1. The molecule has 0 radical (unpaired) electrons. The summed E-state index contributed by atoms with van der Waals surface area (Å²) in [7, 11) is 1.56. The van der Waals surface area contributed by atoms with Gasteiger partial charge < -0.3 is 19.5 Å². The van der Waals surface area contributed by atoms with Gasteiger partial charge in [0, 0.05) is 39.9 Å². The maximum Gasteiger partial charge on any atom is 0.336 e. The van der Waals surface area contributed by atoms with Crippen molar-refractivity contribution in [3.63, 3.8) is 0 Å². The number of carbonyl (C=O) groups excluding carboxylic acids is 2. The van der Waals surface area contributed by atoms with Crippen LogP contribution in [0.1, 0.15) is 50.2 Å². The minimum Gasteiger partial charge on any atom is -0.493 e. The SMILES string of the molecule is CCOC(=O)C1=C(C)NC2=C(C(=O)CCC2)[C@H]1c1ccc(OCc2ccccc2Cl)c(OC)c1. The zero-order valence-electron chi connectivity index (χ0n) is 19.6. The van der Waals surface area contributed by atoms with E-state index in [0.29, 0.717) is 39.8 Å². The van der Waals surface area contributed by atoms with Crippen LogP contribution >= 0.6 is 11.6 Å². The smallest absolute Gasteiger partial charge is 0.336 e. The Morgan fingerprint density at radius 3 is 2.68 bits per heavy atom. The minimum absolute atomic E-state index is 0.0473. The highest BCUT2D eigenvalue weighted by Crippen LogP contribution is 2.44. The van der Waals surface area contributed by atoms with Gasteiger partial charge in [0.2, 0.25) is 0 Å². The monoisotopic (exact) mass is 481 g/mol. The van der Waals surface area contributed by atoms with E-state index in [4.69, 9.17) is 25.8 Å². The van der Waals surface area contributed by atoms with Crippen LogP contribution in [0, 0.1) is 0 Å². The molecule has 1 heterocycles. The van der Waals surface area contributed by atoms with E-state index in [0.717, 1.165) is 29.7 Å². The first kappa shape index (κ1) is 23.9. The van der Waals surface area contributed by atoms with Gasteiger partial charge in [0.25, 0.3) is 0 Å². The molecular formula is C27H28ClNO5. The molecule has 2 aliphatic rings. The topological polar surface area (TPSA) is 73.9 Å². The van der Waals surface area contributed by atoms with E-state index in [9.17, 15) is 9.59 Å². The number of Topliss-reactive ketones (excluding diaryl/α,β-unsaturated/α-hetero) is 1. The van der Waals surface area contributed by atoms with Gasteiger partial charge in [0.05, 0.1) is 19.3 Å². The third kappa shape index (κ3) is 4.68. The Hall–Kier alpha value is -3.25. The summed E-state index contributed by atoms with van der Waals surface area (Å²) in [6.07, 6.45) is 2.01. The van der Waals surface area contributed by atoms with Gasteiger partial charge in [-0.3, -0.25) is 4.79 Å². The number of esters is 1. The minimum atomic E-state index is -0.533. The summed E-state index contributed by atoms with van der Waals surface area (Å²) < 4.78 is 17.0. The number of ketones is 1. The van der Waals surface area contributed by atoms with Gasteiger partial charge in [0.15, 0.2) is 17.3 Å². The van der Waals surface area contributed by atoms with E-state index >= 15 is 0 Å². The molecule has 1 N–H and O–H groups in total. The Balaban J connectivity index is 1.72. The van der Waals surface area contributed by atoms with E-state index in [1.807, 2.05) is 43.3 Å². The maximum atomic E-state index is 13.0. The average Bonchev–Trinajstić information content (AvgIpc) is 2.83. The molecule has 1 atom stereocenters. The Bertz CT molecular complexity index is 1180. The number of carbonyl (C=O) groups is 2. The molecule has 2 aromatic carbocycles. The van der Waals surface area contributed by atoms with Crippen molar-refractivity contribution < 1.29 is 23.8 Å². The third-order valence-electron chi connectivity index (χ3n) is 6.13. The summed E-state index contributed by atoms with van der Waals surface area (Å²) in [6.45, 7) is 4.15. The fraction of sp³-hybridized carbons (Fsp3) is 0.333. The summed E-state index contributed by atoms with van der Waals surface area (Å²) in [5.74, 6) is 0.137. The number of rotatable bonds is 7. The quantitative estimate of drug-likeness (QED) is 0.529. The van der Waals surface area contributed by atoms with E-state index < -0.39 is 11.9 Å². The molecule has 0 saturated heterocycles. The van der Waals surface area contributed by atoms with Gasteiger partial charge in [-0.2, -0.15) is 0 Å². The summed E-state index contributed by atoms with van der Waals surface area (Å²) in [5, 5.41) is 3.92. The molecule has 1 aliphatic heterocycles. The number of benzene rings is 2. The average molecular weight is 482 g/mol. The molecule has 0 unspecified atom stereocenters. The molecule has 0 bridgehead atoms. The standard InChI is InChI=1S/C27H28ClNO5/c1-4-33-27(31)24-16(2)29-20-10-7-11-21(30)26(20)25(24)17-12-13-22(23(14-17)32-3)34-15-18-8-5-6-9-19(18)28/h5-6,8-9,12-14,25,29H,4,7,10-11,15H2,1-3H3/t25-/m0/s1. The molecule has 7 heteroatoms. The van der Waals surface area contributed by atoms with E-state index in [-0.39, 0.29) is 19.0 Å². The third-order valence-corrected chi connectivity index (χ3v) is 6.50. The fourth-order valence-electron chi connectivity index (χ4n) is 4.55. The largest absolute Gasteiger partial charge is 0.493 e. The summed E-state index contributed by atoms with van der Waals surface area (Å²) in [4.78, 5) is 26.0. The van der Waals surface area contributed by atoms with Gasteiger partial charge in [-0.1, -0.05) is 35.9 Å². The lowest BCUT2D eigenvalue weighted by atomic mass is 9.75. The highest BCUT2D eigenvalue weighted by Gasteiger charge is 2.39. The lowest BCUT2D eigenvalue weighted by Gasteiger charge is -2.34. The van der Waals surface area contributed by atoms with Crippen LogP contribution in [0.5, 0.6) is 11.5 Å². The van der Waals surface area contributed by atoms with Gasteiger partial charge >= 0.3 is 5.97 Å². The van der Waals surface area contributed by atoms with Crippen molar-refractivity contribution >= 4 is 23.4 Å². The number of hydrogen-bond acceptors (Lipinski definition) is 6. The molecule has 178 valence electrons. The van der Waals surface area contributed by atoms with Gasteiger partial charge in [-0.25, -0.2) is 4.79 Å². The number of halogens is 1. The van der Waals surface area contributed by atoms with Gasteiger partial charge in [0.1, 0.15) is 6.61 Å². The van der Waals surface area contributed by atoms with Crippen LogP contribution in [0.4, 0.5) is 0 Å². The zero-order valence-corrected chi connectivity index (χ0v) is 20.3. The van der Waals surface area contributed by atoms with Crippen molar-refractivity contribution in [1.29, 1.82) is 0 Å². The van der Waals surface area contributed by atoms with Crippen LogP contribution in [0.3, 0.4) is 0 Å². The van der Waals surface area contributed by atoms with Crippen molar-refractivity contribution in [2.75, 3.05) is 13.7 Å². The Morgan fingerprint density at radius 1 is 1.15 bits per heavy atom. The molecule has 4 rings (SSSR count). The predicted molar refractivity (Wildman–Crippen MR) is 130 cm³/mol. The molecule has 0 fully saturated rings. The predicted octanol–water partition coefficient (Wildman–Crippen LogP) is 5.46. The molecular weight excluding hydrogens is 454 g/mol. The number of methoxy groups -OCH3 is 1. The Kier molecular flexibility index (Phi) is 7.27. The lowest BCUT2D eigenvalue weighted by Crippen LogP contribution is -2.34. The number of ether oxygens (including phenoxy) is 3. The number of hydrogen-bond donors (Lipinski definition) is 1. The summed E-state index contributed by atoms with van der Waals surface area (Å²) in [5.41, 5.74) is 4.29. The molecule has 1 aliphatic carbocycles. The van der Waals surface area contributed by atoms with Crippen molar-refractivity contribution in [2.45, 2.75) is 45.6 Å². The second kappa shape index (κ2) is 10.3. The number of allylic oxidation sites excluding steroid dienone is 3. The van der Waals surface area contributed by atoms with Crippen LogP contribution < -0.4 is 14.8 Å². The van der Waals surface area contributed by atoms with Crippen LogP contribution in [-0.2, 0) is 20.9 Å². The van der Waals surface area contributed by atoms with Crippen LogP contribution in [-0.4, -0.2) is 25.5 Å². The molecule has 0 spiro atoms. The molecule has 0 saturated carbocycles. The second-order valence-electron chi connectivity index (χ2n) is 8.28. The summed E-state index contributed by atoms with van der Waals surface area (Å²) in [6, 6.07) is 13.0. The van der Waals surface area contributed by atoms with Crippen molar-refractivity contribution in [2.24, 2.45) is 0 Å². The first-order valence-electron chi connectivity index (χ1n) is 11.4. The van der Waals surface area contributed by atoms with Crippen LogP contribution in [0.25, 0.3) is 0 Å². The van der Waals surface area contributed by atoms with Crippen molar-refractivity contribution in [3.05, 3.63) is 81.2 Å². The Labute approximate surface area is 204 Å². The van der Waals surface area contributed by atoms with Crippen LogP contribution in [0.15, 0.2) is 65.0 Å². The van der Waals surface area contributed by atoms with E-state index in [1.54, 1.807) is 20.1 Å². The maximum absolute atomic E-state index is 13.0. The van der Waals surface area contributed by atoms with Crippen molar-refractivity contribution in [3.8, 4) is 11.5 Å². The molecule has 6 nitrogen and oxygen atoms in total. The normalized spacial score (nSPS) is 17.8. The molecule has 0 aromatic heterocycles. The van der Waals surface area contributed by atoms with Gasteiger partial charge in [-0.05, 0) is 50.5 Å². The van der Waals surface area contributed by atoms with Crippen molar-refractivity contribution in [1.82, 2.24) is 5.32 Å². The Morgan fingerprint density at radius 2 is 1.94 bits per heavy atom. The summed E-state index contributed by atoms with van der Waals surface area (Å²) >= 11 is 6.25. The van der Waals surface area contributed by atoms with E-state index in [1.165, 1.54) is 0 Å². The van der Waals surface area contributed by atoms with Gasteiger partial charge in [-0.15, -0.1) is 0 Å². The molecule has 34 heavy (non-hydrogen) atoms. The highest BCUT2D eigenvalue weighted by atomic mass is 35.5. The molecule has 0 amide bonds. The fourth-order valence-corrected chi connectivity index (χ4v) is 4.74. The number of nitrogens with one attached hydrogen (secondary N) is 1.